The van der Waals surface area contributed by atoms with E-state index in [4.69, 9.17) is 5.21 Å². The molecule has 0 saturated heterocycles. The van der Waals surface area contributed by atoms with E-state index in [0.29, 0.717) is 0 Å². The van der Waals surface area contributed by atoms with Gasteiger partial charge in [-0.05, 0) is 28.4 Å². The van der Waals surface area contributed by atoms with Gasteiger partial charge >= 0.3 is 0 Å². The summed E-state index contributed by atoms with van der Waals surface area (Å²) < 4.78 is 0.820. The maximum Gasteiger partial charge on any atom is 0.293 e. The van der Waals surface area contributed by atoms with Gasteiger partial charge in [-0.25, -0.2) is 10.5 Å². The minimum absolute atomic E-state index is 0.221. The average molecular weight is 281 g/mol. The van der Waals surface area contributed by atoms with E-state index in [-0.39, 0.29) is 5.69 Å². The predicted molar refractivity (Wildman–Crippen MR) is 63.4 cm³/mol. The normalized spacial score (nSPS) is 10.4. The number of hydrogen-bond donors (Lipinski definition) is 2. The van der Waals surface area contributed by atoms with E-state index in [9.17, 15) is 4.79 Å². The van der Waals surface area contributed by atoms with E-state index < -0.39 is 5.91 Å². The smallest absolute Gasteiger partial charge is 0.288 e. The van der Waals surface area contributed by atoms with Gasteiger partial charge in [0, 0.05) is 21.4 Å². The molecule has 2 aromatic rings. The summed E-state index contributed by atoms with van der Waals surface area (Å²) in [6.07, 6.45) is 1.55. The lowest BCUT2D eigenvalue weighted by Gasteiger charge is -2.08. The second-order valence-corrected chi connectivity index (χ2v) is 4.25. The number of halogens is 1. The van der Waals surface area contributed by atoms with Crippen LogP contribution in [0.3, 0.4) is 0 Å². The molecule has 0 atom stereocenters. The Balaban J connectivity index is 2.86. The summed E-state index contributed by atoms with van der Waals surface area (Å²) in [5.41, 5.74) is 2.76. The third-order valence-corrected chi connectivity index (χ3v) is 3.02. The van der Waals surface area contributed by atoms with Gasteiger partial charge in [-0.15, -0.1) is 0 Å². The summed E-state index contributed by atoms with van der Waals surface area (Å²) in [7, 11) is 0. The molecule has 0 radical (unpaired) electrons. The number of aromatic nitrogens is 1. The van der Waals surface area contributed by atoms with Gasteiger partial charge in [0.1, 0.15) is 5.69 Å². The number of carbonyl (C=O) groups excluding carboxylic acids is 1. The van der Waals surface area contributed by atoms with Crippen molar-refractivity contribution in [3.8, 4) is 0 Å². The molecular formula is C11H9BrN2O2. The van der Waals surface area contributed by atoms with Crippen LogP contribution >= 0.6 is 15.9 Å². The van der Waals surface area contributed by atoms with Crippen molar-refractivity contribution >= 4 is 32.6 Å². The topological polar surface area (TPSA) is 62.2 Å². The van der Waals surface area contributed by atoms with Crippen LogP contribution in [0.25, 0.3) is 10.8 Å². The first-order chi connectivity index (χ1) is 7.65. The molecule has 1 aromatic carbocycles. The Labute approximate surface area is 100 Å². The Morgan fingerprint density at radius 3 is 2.94 bits per heavy atom. The van der Waals surface area contributed by atoms with Crippen molar-refractivity contribution in [1.82, 2.24) is 10.5 Å². The number of nitrogens with one attached hydrogen (secondary N) is 1. The number of fused-ring (bicyclic) bond motifs is 1. The lowest BCUT2D eigenvalue weighted by molar-refractivity contribution is 0.0703. The Morgan fingerprint density at radius 2 is 2.25 bits per heavy atom. The molecule has 0 aliphatic heterocycles. The Kier molecular flexibility index (Phi) is 2.89. The highest BCUT2D eigenvalue weighted by Crippen LogP contribution is 2.27. The highest BCUT2D eigenvalue weighted by atomic mass is 79.9. The molecule has 82 valence electrons. The van der Waals surface area contributed by atoms with Crippen molar-refractivity contribution in [2.24, 2.45) is 0 Å². The predicted octanol–water partition coefficient (Wildman–Crippen LogP) is 2.42. The number of benzene rings is 1. The van der Waals surface area contributed by atoms with E-state index >= 15 is 0 Å². The molecule has 2 rings (SSSR count). The molecule has 0 fully saturated rings. The number of hydrogen-bond acceptors (Lipinski definition) is 3. The fourth-order valence-electron chi connectivity index (χ4n) is 1.66. The molecule has 0 bridgehead atoms. The molecule has 0 spiro atoms. The summed E-state index contributed by atoms with van der Waals surface area (Å²) in [5, 5.41) is 10.3. The number of amides is 1. The molecule has 0 aliphatic rings. The van der Waals surface area contributed by atoms with Gasteiger partial charge in [0.2, 0.25) is 0 Å². The average Bonchev–Trinajstić information content (AvgIpc) is 2.30. The van der Waals surface area contributed by atoms with Crippen LogP contribution in [0.5, 0.6) is 0 Å². The molecule has 4 nitrogen and oxygen atoms in total. The summed E-state index contributed by atoms with van der Waals surface area (Å²) in [5.74, 6) is -0.605. The van der Waals surface area contributed by atoms with E-state index in [1.165, 1.54) is 0 Å². The van der Waals surface area contributed by atoms with Gasteiger partial charge in [-0.3, -0.25) is 10.0 Å². The van der Waals surface area contributed by atoms with Gasteiger partial charge in [0.15, 0.2) is 0 Å². The second kappa shape index (κ2) is 4.19. The minimum atomic E-state index is -0.605. The van der Waals surface area contributed by atoms with E-state index in [2.05, 4.69) is 20.9 Å². The second-order valence-electron chi connectivity index (χ2n) is 3.39. The van der Waals surface area contributed by atoms with Crippen molar-refractivity contribution in [2.75, 3.05) is 0 Å². The molecule has 0 aliphatic carbocycles. The van der Waals surface area contributed by atoms with Gasteiger partial charge in [-0.2, -0.15) is 0 Å². The SMILES string of the molecule is Cc1cccc2c(Br)cnc(C(=O)NO)c12. The highest BCUT2D eigenvalue weighted by Gasteiger charge is 2.14. The Bertz CT molecular complexity index is 569. The van der Waals surface area contributed by atoms with E-state index in [1.54, 1.807) is 11.7 Å². The molecular weight excluding hydrogens is 272 g/mol. The highest BCUT2D eigenvalue weighted by molar-refractivity contribution is 9.10. The fraction of sp³-hybridized carbons (Fsp3) is 0.0909. The first-order valence-electron chi connectivity index (χ1n) is 4.63. The van der Waals surface area contributed by atoms with Crippen molar-refractivity contribution in [3.05, 3.63) is 40.1 Å². The summed E-state index contributed by atoms with van der Waals surface area (Å²) in [6, 6.07) is 5.69. The van der Waals surface area contributed by atoms with Crippen molar-refractivity contribution in [1.29, 1.82) is 0 Å². The van der Waals surface area contributed by atoms with Crippen LogP contribution in [0.2, 0.25) is 0 Å². The van der Waals surface area contributed by atoms with Crippen molar-refractivity contribution < 1.29 is 10.0 Å². The number of hydroxylamine groups is 1. The van der Waals surface area contributed by atoms with Crippen LogP contribution in [0.4, 0.5) is 0 Å². The molecule has 2 N–H and O–H groups in total. The fourth-order valence-corrected chi connectivity index (χ4v) is 2.09. The molecule has 1 amide bonds. The van der Waals surface area contributed by atoms with Gasteiger partial charge in [0.05, 0.1) is 0 Å². The molecule has 0 unspecified atom stereocenters. The largest absolute Gasteiger partial charge is 0.293 e. The third kappa shape index (κ3) is 1.68. The zero-order valence-electron chi connectivity index (χ0n) is 8.49. The molecule has 1 aromatic heterocycles. The van der Waals surface area contributed by atoms with Crippen LogP contribution in [-0.2, 0) is 0 Å². The van der Waals surface area contributed by atoms with Crippen molar-refractivity contribution in [3.63, 3.8) is 0 Å². The molecule has 0 saturated carbocycles. The lowest BCUT2D eigenvalue weighted by Crippen LogP contribution is -2.20. The first kappa shape index (κ1) is 11.0. The number of rotatable bonds is 1. The van der Waals surface area contributed by atoms with Gasteiger partial charge in [-0.1, -0.05) is 18.2 Å². The quantitative estimate of drug-likeness (QED) is 0.623. The number of carbonyl (C=O) groups is 1. The molecule has 5 heteroatoms. The van der Waals surface area contributed by atoms with Crippen LogP contribution in [0.1, 0.15) is 16.1 Å². The zero-order chi connectivity index (χ0) is 11.7. The van der Waals surface area contributed by atoms with Crippen LogP contribution in [0, 0.1) is 6.92 Å². The van der Waals surface area contributed by atoms with Crippen LogP contribution in [0.15, 0.2) is 28.9 Å². The van der Waals surface area contributed by atoms with Gasteiger partial charge in [0.25, 0.3) is 5.91 Å². The maximum atomic E-state index is 11.5. The minimum Gasteiger partial charge on any atom is -0.288 e. The first-order valence-corrected chi connectivity index (χ1v) is 5.42. The number of nitrogens with zero attached hydrogens (tertiary/aromatic N) is 1. The standard InChI is InChI=1S/C11H9BrN2O2/c1-6-3-2-4-7-8(12)5-13-10(9(6)7)11(15)14-16/h2-5,16H,1H3,(H,14,15). The maximum absolute atomic E-state index is 11.5. The van der Waals surface area contributed by atoms with Crippen LogP contribution < -0.4 is 5.48 Å². The lowest BCUT2D eigenvalue weighted by atomic mass is 10.0. The van der Waals surface area contributed by atoms with E-state index in [1.807, 2.05) is 25.1 Å². The van der Waals surface area contributed by atoms with E-state index in [0.717, 1.165) is 20.8 Å². The Hall–Kier alpha value is -1.46. The van der Waals surface area contributed by atoms with Gasteiger partial charge < -0.3 is 0 Å². The number of pyridine rings is 1. The summed E-state index contributed by atoms with van der Waals surface area (Å²) >= 11 is 3.38. The molecule has 1 heterocycles. The van der Waals surface area contributed by atoms with Crippen molar-refractivity contribution in [2.45, 2.75) is 6.92 Å². The third-order valence-electron chi connectivity index (χ3n) is 2.39. The van der Waals surface area contributed by atoms with Crippen LogP contribution in [-0.4, -0.2) is 16.1 Å². The Morgan fingerprint density at radius 1 is 1.50 bits per heavy atom. The number of aryl methyl sites for hydroxylation is 1. The molecule has 16 heavy (non-hydrogen) atoms. The monoisotopic (exact) mass is 280 g/mol. The zero-order valence-corrected chi connectivity index (χ0v) is 10.1. The summed E-state index contributed by atoms with van der Waals surface area (Å²) in [6.45, 7) is 1.89. The summed E-state index contributed by atoms with van der Waals surface area (Å²) in [4.78, 5) is 15.5.